The number of piperidine rings is 1. The predicted molar refractivity (Wildman–Crippen MR) is 75.1 cm³/mol. The van der Waals surface area contributed by atoms with Gasteiger partial charge in [0.15, 0.2) is 0 Å². The fraction of sp³-hybridized carbons (Fsp3) is 0.667. The van der Waals surface area contributed by atoms with E-state index in [0.717, 1.165) is 36.3 Å². The van der Waals surface area contributed by atoms with Crippen LogP contribution >= 0.6 is 0 Å². The Labute approximate surface area is 122 Å². The lowest BCUT2D eigenvalue weighted by atomic mass is 9.96. The van der Waals surface area contributed by atoms with Gasteiger partial charge in [0.1, 0.15) is 5.82 Å². The van der Waals surface area contributed by atoms with Gasteiger partial charge in [0.2, 0.25) is 0 Å². The summed E-state index contributed by atoms with van der Waals surface area (Å²) in [7, 11) is 0. The van der Waals surface area contributed by atoms with E-state index in [9.17, 15) is 13.2 Å². The molecule has 0 bridgehead atoms. The third-order valence-corrected chi connectivity index (χ3v) is 4.58. The van der Waals surface area contributed by atoms with E-state index in [-0.39, 0.29) is 12.8 Å². The first-order valence-electron chi connectivity index (χ1n) is 7.52. The minimum atomic E-state index is -4.08. The van der Waals surface area contributed by atoms with Crippen molar-refractivity contribution in [2.24, 2.45) is 11.7 Å². The summed E-state index contributed by atoms with van der Waals surface area (Å²) in [4.78, 5) is 6.67. The molecule has 3 nitrogen and oxygen atoms in total. The molecule has 0 spiro atoms. The second-order valence-electron chi connectivity index (χ2n) is 5.94. The third kappa shape index (κ3) is 2.86. The van der Waals surface area contributed by atoms with Gasteiger partial charge in [-0.1, -0.05) is 0 Å². The first-order chi connectivity index (χ1) is 9.99. The molecule has 0 amide bonds. The minimum absolute atomic E-state index is 0.145. The smallest absolute Gasteiger partial charge is 0.356 e. The number of fused-ring (bicyclic) bond motifs is 1. The molecular weight excluding hydrogens is 279 g/mol. The lowest BCUT2D eigenvalue weighted by Crippen LogP contribution is -2.40. The Morgan fingerprint density at radius 1 is 1.24 bits per heavy atom. The number of nitrogens with zero attached hydrogens (tertiary/aromatic N) is 2. The van der Waals surface area contributed by atoms with Crippen molar-refractivity contribution in [1.82, 2.24) is 4.98 Å². The molecule has 0 saturated carbocycles. The summed E-state index contributed by atoms with van der Waals surface area (Å²) in [5, 5.41) is 0. The number of halogens is 3. The van der Waals surface area contributed by atoms with Gasteiger partial charge in [0.05, 0.1) is 5.92 Å². The Hall–Kier alpha value is -1.30. The number of alkyl halides is 3. The molecule has 1 aliphatic heterocycles. The summed E-state index contributed by atoms with van der Waals surface area (Å²) in [6.07, 6.45) is -0.684. The Morgan fingerprint density at radius 2 is 1.95 bits per heavy atom. The molecular formula is C15H20F3N3. The van der Waals surface area contributed by atoms with E-state index in [0.29, 0.717) is 19.6 Å². The summed E-state index contributed by atoms with van der Waals surface area (Å²) in [5.74, 6) is -0.372. The normalized spacial score (nSPS) is 19.9. The van der Waals surface area contributed by atoms with Gasteiger partial charge >= 0.3 is 6.18 Å². The van der Waals surface area contributed by atoms with Crippen LogP contribution in [-0.4, -0.2) is 24.2 Å². The highest BCUT2D eigenvalue weighted by atomic mass is 19.4. The van der Waals surface area contributed by atoms with Crippen LogP contribution in [0.1, 0.15) is 36.1 Å². The van der Waals surface area contributed by atoms with Gasteiger partial charge in [-0.05, 0) is 43.7 Å². The summed E-state index contributed by atoms with van der Waals surface area (Å²) < 4.78 is 38.2. The molecule has 1 saturated heterocycles. The van der Waals surface area contributed by atoms with Crippen molar-refractivity contribution < 1.29 is 13.2 Å². The van der Waals surface area contributed by atoms with E-state index in [2.05, 4.69) is 6.07 Å². The quantitative estimate of drug-likeness (QED) is 0.913. The van der Waals surface area contributed by atoms with Gasteiger partial charge in [0, 0.05) is 30.9 Å². The Bertz CT molecular complexity index is 520. The van der Waals surface area contributed by atoms with Crippen molar-refractivity contribution >= 4 is 5.82 Å². The number of rotatable bonds is 2. The van der Waals surface area contributed by atoms with Crippen LogP contribution in [0.3, 0.4) is 0 Å². The van der Waals surface area contributed by atoms with Gasteiger partial charge in [-0.25, -0.2) is 4.98 Å². The van der Waals surface area contributed by atoms with Crippen LogP contribution in [0.4, 0.5) is 19.0 Å². The topological polar surface area (TPSA) is 42.1 Å². The number of aromatic nitrogens is 1. The first kappa shape index (κ1) is 14.6. The average Bonchev–Trinajstić information content (AvgIpc) is 2.92. The Balaban J connectivity index is 1.79. The van der Waals surface area contributed by atoms with Gasteiger partial charge in [-0.2, -0.15) is 13.2 Å². The van der Waals surface area contributed by atoms with Gasteiger partial charge in [-0.15, -0.1) is 0 Å². The fourth-order valence-electron chi connectivity index (χ4n) is 3.35. The largest absolute Gasteiger partial charge is 0.391 e. The molecule has 3 rings (SSSR count). The fourth-order valence-corrected chi connectivity index (χ4v) is 3.35. The molecule has 2 heterocycles. The zero-order valence-corrected chi connectivity index (χ0v) is 11.9. The van der Waals surface area contributed by atoms with E-state index in [1.807, 2.05) is 4.90 Å². The van der Waals surface area contributed by atoms with Crippen LogP contribution < -0.4 is 10.6 Å². The van der Waals surface area contributed by atoms with Crippen LogP contribution in [0.5, 0.6) is 0 Å². The molecule has 6 heteroatoms. The second-order valence-corrected chi connectivity index (χ2v) is 5.94. The number of hydrogen-bond donors (Lipinski definition) is 1. The first-order valence-corrected chi connectivity index (χ1v) is 7.52. The molecule has 21 heavy (non-hydrogen) atoms. The van der Waals surface area contributed by atoms with Gasteiger partial charge < -0.3 is 10.6 Å². The van der Waals surface area contributed by atoms with Crippen molar-refractivity contribution in [2.75, 3.05) is 18.0 Å². The Kier molecular flexibility index (Phi) is 3.82. The van der Waals surface area contributed by atoms with Gasteiger partial charge in [0.25, 0.3) is 0 Å². The number of hydrogen-bond acceptors (Lipinski definition) is 3. The summed E-state index contributed by atoms with van der Waals surface area (Å²) in [6.45, 7) is 1.20. The predicted octanol–water partition coefficient (Wildman–Crippen LogP) is 2.81. The molecule has 1 aromatic heterocycles. The minimum Gasteiger partial charge on any atom is -0.356 e. The highest BCUT2D eigenvalue weighted by molar-refractivity contribution is 5.51. The number of pyridine rings is 1. The SMILES string of the molecule is NCc1cc2c(nc1N1CCC(C(F)(F)F)CC1)CCC2. The van der Waals surface area contributed by atoms with Crippen molar-refractivity contribution in [1.29, 1.82) is 0 Å². The number of anilines is 1. The molecule has 0 atom stereocenters. The number of aryl methyl sites for hydroxylation is 2. The zero-order valence-electron chi connectivity index (χ0n) is 11.9. The molecule has 0 unspecified atom stereocenters. The number of nitrogens with two attached hydrogens (primary N) is 1. The van der Waals surface area contributed by atoms with Crippen LogP contribution in [0.2, 0.25) is 0 Å². The van der Waals surface area contributed by atoms with E-state index >= 15 is 0 Å². The van der Waals surface area contributed by atoms with Crippen LogP contribution in [0.15, 0.2) is 6.07 Å². The summed E-state index contributed by atoms with van der Waals surface area (Å²) >= 11 is 0. The molecule has 0 aromatic carbocycles. The van der Waals surface area contributed by atoms with Crippen molar-refractivity contribution in [2.45, 2.75) is 44.8 Å². The maximum atomic E-state index is 12.7. The highest BCUT2D eigenvalue weighted by Crippen LogP contribution is 2.36. The summed E-state index contributed by atoms with van der Waals surface area (Å²) in [6, 6.07) is 2.10. The summed E-state index contributed by atoms with van der Waals surface area (Å²) in [5.41, 5.74) is 9.11. The molecule has 1 aromatic rings. The molecule has 0 radical (unpaired) electrons. The van der Waals surface area contributed by atoms with E-state index < -0.39 is 12.1 Å². The standard InChI is InChI=1S/C15H20F3N3/c16-15(17,18)12-4-6-21(7-5-12)14-11(9-19)8-10-2-1-3-13(10)20-14/h8,12H,1-7,9,19H2. The average molecular weight is 299 g/mol. The van der Waals surface area contributed by atoms with Crippen LogP contribution in [0.25, 0.3) is 0 Å². The second kappa shape index (κ2) is 5.48. The van der Waals surface area contributed by atoms with E-state index in [4.69, 9.17) is 10.7 Å². The maximum absolute atomic E-state index is 12.7. The van der Waals surface area contributed by atoms with Crippen LogP contribution in [-0.2, 0) is 19.4 Å². The van der Waals surface area contributed by atoms with Crippen molar-refractivity contribution in [3.8, 4) is 0 Å². The maximum Gasteiger partial charge on any atom is 0.391 e. The van der Waals surface area contributed by atoms with E-state index in [1.54, 1.807) is 0 Å². The molecule has 1 aliphatic carbocycles. The highest BCUT2D eigenvalue weighted by Gasteiger charge is 2.41. The van der Waals surface area contributed by atoms with Gasteiger partial charge in [-0.3, -0.25) is 0 Å². The molecule has 116 valence electrons. The molecule has 2 N–H and O–H groups in total. The lowest BCUT2D eigenvalue weighted by molar-refractivity contribution is -0.179. The zero-order chi connectivity index (χ0) is 15.0. The Morgan fingerprint density at radius 3 is 2.57 bits per heavy atom. The van der Waals surface area contributed by atoms with E-state index in [1.165, 1.54) is 5.56 Å². The molecule has 2 aliphatic rings. The molecule has 1 fully saturated rings. The van der Waals surface area contributed by atoms with Crippen LogP contribution in [0, 0.1) is 5.92 Å². The lowest BCUT2D eigenvalue weighted by Gasteiger charge is -2.34. The third-order valence-electron chi connectivity index (χ3n) is 4.58. The van der Waals surface area contributed by atoms with Crippen molar-refractivity contribution in [3.63, 3.8) is 0 Å². The van der Waals surface area contributed by atoms with Crippen molar-refractivity contribution in [3.05, 3.63) is 22.9 Å². The monoisotopic (exact) mass is 299 g/mol.